The van der Waals surface area contributed by atoms with Crippen LogP contribution in [-0.2, 0) is 0 Å². The lowest BCUT2D eigenvalue weighted by atomic mass is 10.1. The van der Waals surface area contributed by atoms with E-state index in [0.29, 0.717) is 0 Å². The van der Waals surface area contributed by atoms with Crippen LogP contribution >= 0.6 is 0 Å². The van der Waals surface area contributed by atoms with Crippen LogP contribution in [0.15, 0.2) is 36.5 Å². The van der Waals surface area contributed by atoms with Crippen LogP contribution in [-0.4, -0.2) is 21.5 Å². The number of nitrogens with zero attached hydrogens (tertiary/aromatic N) is 3. The zero-order valence-corrected chi connectivity index (χ0v) is 12.5. The number of nitrogens with one attached hydrogen (secondary N) is 1. The second-order valence-electron chi connectivity index (χ2n) is 5.03. The lowest BCUT2D eigenvalue weighted by molar-refractivity contribution is 1.03. The van der Waals surface area contributed by atoms with E-state index in [-0.39, 0.29) is 0 Å². The molecule has 2 heterocycles. The summed E-state index contributed by atoms with van der Waals surface area (Å²) in [4.78, 5) is 13.7. The smallest absolute Gasteiger partial charge is 0.152 e. The van der Waals surface area contributed by atoms with Gasteiger partial charge in [-0.05, 0) is 39.0 Å². The first-order valence-corrected chi connectivity index (χ1v) is 7.13. The summed E-state index contributed by atoms with van der Waals surface area (Å²) < 4.78 is 0. The standard InChI is InChI=1S/C17H18N4/c1-4-18-17-16(20-11(2)12(3)21-17)14-7-8-15-13(10-14)6-5-9-19-15/h5-10H,4H2,1-3H3,(H,18,21). The molecule has 0 radical (unpaired) electrons. The van der Waals surface area contributed by atoms with Gasteiger partial charge in [0.1, 0.15) is 5.69 Å². The molecule has 0 aliphatic heterocycles. The molecule has 21 heavy (non-hydrogen) atoms. The van der Waals surface area contributed by atoms with Crippen molar-refractivity contribution in [3.63, 3.8) is 0 Å². The fourth-order valence-electron chi connectivity index (χ4n) is 2.32. The summed E-state index contributed by atoms with van der Waals surface area (Å²) in [5, 5.41) is 4.41. The Morgan fingerprint density at radius 2 is 1.86 bits per heavy atom. The van der Waals surface area contributed by atoms with Crippen molar-refractivity contribution >= 4 is 16.7 Å². The van der Waals surface area contributed by atoms with Gasteiger partial charge in [-0.2, -0.15) is 0 Å². The highest BCUT2D eigenvalue weighted by atomic mass is 15.0. The summed E-state index contributed by atoms with van der Waals surface area (Å²) in [6.07, 6.45) is 1.81. The zero-order valence-electron chi connectivity index (χ0n) is 12.5. The lowest BCUT2D eigenvalue weighted by Crippen LogP contribution is -2.06. The van der Waals surface area contributed by atoms with Crippen molar-refractivity contribution in [2.75, 3.05) is 11.9 Å². The molecule has 2 aromatic heterocycles. The van der Waals surface area contributed by atoms with Gasteiger partial charge in [0.05, 0.1) is 16.9 Å². The van der Waals surface area contributed by atoms with Crippen LogP contribution in [0, 0.1) is 13.8 Å². The molecule has 3 aromatic rings. The summed E-state index contributed by atoms with van der Waals surface area (Å²) in [5.74, 6) is 0.837. The molecule has 0 aliphatic rings. The van der Waals surface area contributed by atoms with Crippen molar-refractivity contribution in [1.82, 2.24) is 15.0 Å². The molecule has 3 rings (SSSR count). The Kier molecular flexibility index (Phi) is 3.52. The van der Waals surface area contributed by atoms with E-state index in [9.17, 15) is 0 Å². The Morgan fingerprint density at radius 3 is 2.67 bits per heavy atom. The van der Waals surface area contributed by atoms with Crippen LogP contribution in [0.5, 0.6) is 0 Å². The van der Waals surface area contributed by atoms with Gasteiger partial charge in [0.2, 0.25) is 0 Å². The number of hydrogen-bond donors (Lipinski definition) is 1. The number of anilines is 1. The van der Waals surface area contributed by atoms with Gasteiger partial charge in [0.15, 0.2) is 5.82 Å². The summed E-state index contributed by atoms with van der Waals surface area (Å²) in [6.45, 7) is 6.85. The maximum absolute atomic E-state index is 4.72. The Hall–Kier alpha value is -2.49. The number of hydrogen-bond acceptors (Lipinski definition) is 4. The SMILES string of the molecule is CCNc1nc(C)c(C)nc1-c1ccc2ncccc2c1. The largest absolute Gasteiger partial charge is 0.369 e. The van der Waals surface area contributed by atoms with E-state index in [2.05, 4.69) is 40.4 Å². The molecule has 0 spiro atoms. The molecule has 0 unspecified atom stereocenters. The monoisotopic (exact) mass is 278 g/mol. The molecule has 0 saturated carbocycles. The molecule has 1 N–H and O–H groups in total. The van der Waals surface area contributed by atoms with Crippen molar-refractivity contribution in [3.05, 3.63) is 47.9 Å². The molecule has 0 fully saturated rings. The van der Waals surface area contributed by atoms with Crippen molar-refractivity contribution < 1.29 is 0 Å². The summed E-state index contributed by atoms with van der Waals surface area (Å²) in [7, 11) is 0. The van der Waals surface area contributed by atoms with Crippen molar-refractivity contribution in [2.45, 2.75) is 20.8 Å². The molecule has 0 aliphatic carbocycles. The average Bonchev–Trinajstić information content (AvgIpc) is 2.50. The van der Waals surface area contributed by atoms with Crippen LogP contribution in [0.25, 0.3) is 22.2 Å². The quantitative estimate of drug-likeness (QED) is 0.793. The summed E-state index contributed by atoms with van der Waals surface area (Å²) in [6, 6.07) is 10.2. The minimum absolute atomic E-state index is 0.819. The maximum Gasteiger partial charge on any atom is 0.152 e. The van der Waals surface area contributed by atoms with Gasteiger partial charge in [0.25, 0.3) is 0 Å². The number of rotatable bonds is 3. The Balaban J connectivity index is 2.18. The first kappa shape index (κ1) is 13.5. The van der Waals surface area contributed by atoms with Crippen molar-refractivity contribution in [3.8, 4) is 11.3 Å². The number of fused-ring (bicyclic) bond motifs is 1. The highest BCUT2D eigenvalue weighted by Crippen LogP contribution is 2.28. The van der Waals surface area contributed by atoms with E-state index >= 15 is 0 Å². The Morgan fingerprint density at radius 1 is 1.05 bits per heavy atom. The number of benzene rings is 1. The van der Waals surface area contributed by atoms with Gasteiger partial charge in [-0.1, -0.05) is 12.1 Å². The van der Waals surface area contributed by atoms with Crippen LogP contribution in [0.4, 0.5) is 5.82 Å². The fourth-order valence-corrected chi connectivity index (χ4v) is 2.32. The predicted molar refractivity (Wildman–Crippen MR) is 86.4 cm³/mol. The molecule has 0 atom stereocenters. The van der Waals surface area contributed by atoms with E-state index in [4.69, 9.17) is 4.98 Å². The molecule has 4 nitrogen and oxygen atoms in total. The van der Waals surface area contributed by atoms with Gasteiger partial charge in [-0.25, -0.2) is 9.97 Å². The molecule has 1 aromatic carbocycles. The lowest BCUT2D eigenvalue weighted by Gasteiger charge is -2.12. The number of aromatic nitrogens is 3. The minimum atomic E-state index is 0.819. The third-order valence-electron chi connectivity index (χ3n) is 3.53. The topological polar surface area (TPSA) is 50.7 Å². The van der Waals surface area contributed by atoms with Crippen molar-refractivity contribution in [2.24, 2.45) is 0 Å². The molecular weight excluding hydrogens is 260 g/mol. The second kappa shape index (κ2) is 5.48. The first-order chi connectivity index (χ1) is 10.2. The molecule has 0 saturated heterocycles. The number of aryl methyl sites for hydroxylation is 2. The third kappa shape index (κ3) is 2.57. The summed E-state index contributed by atoms with van der Waals surface area (Å²) in [5.41, 5.74) is 4.85. The zero-order chi connectivity index (χ0) is 14.8. The molecule has 106 valence electrons. The molecule has 0 bridgehead atoms. The van der Waals surface area contributed by atoms with Gasteiger partial charge >= 0.3 is 0 Å². The van der Waals surface area contributed by atoms with Gasteiger partial charge in [0, 0.05) is 23.7 Å². The third-order valence-corrected chi connectivity index (χ3v) is 3.53. The van der Waals surface area contributed by atoms with Gasteiger partial charge in [-0.15, -0.1) is 0 Å². The number of pyridine rings is 1. The van der Waals surface area contributed by atoms with Crippen molar-refractivity contribution in [1.29, 1.82) is 0 Å². The normalized spacial score (nSPS) is 10.8. The maximum atomic E-state index is 4.72. The highest BCUT2D eigenvalue weighted by molar-refractivity contribution is 5.85. The minimum Gasteiger partial charge on any atom is -0.369 e. The van der Waals surface area contributed by atoms with Gasteiger partial charge in [-0.3, -0.25) is 4.98 Å². The van der Waals surface area contributed by atoms with Crippen LogP contribution in [0.3, 0.4) is 0 Å². The Bertz CT molecular complexity index is 796. The Labute approximate surface area is 124 Å². The van der Waals surface area contributed by atoms with E-state index < -0.39 is 0 Å². The second-order valence-corrected chi connectivity index (χ2v) is 5.03. The first-order valence-electron chi connectivity index (χ1n) is 7.13. The molecule has 4 heteroatoms. The highest BCUT2D eigenvalue weighted by Gasteiger charge is 2.11. The fraction of sp³-hybridized carbons (Fsp3) is 0.235. The average molecular weight is 278 g/mol. The van der Waals surface area contributed by atoms with Crippen LogP contribution in [0.2, 0.25) is 0 Å². The van der Waals surface area contributed by atoms with E-state index in [1.165, 1.54) is 0 Å². The van der Waals surface area contributed by atoms with Gasteiger partial charge < -0.3 is 5.32 Å². The van der Waals surface area contributed by atoms with E-state index in [0.717, 1.165) is 45.9 Å². The van der Waals surface area contributed by atoms with E-state index in [1.807, 2.05) is 32.2 Å². The predicted octanol–water partition coefficient (Wildman–Crippen LogP) is 3.74. The molecular formula is C17H18N4. The van der Waals surface area contributed by atoms with E-state index in [1.54, 1.807) is 0 Å². The molecule has 0 amide bonds. The van der Waals surface area contributed by atoms with Crippen LogP contribution < -0.4 is 5.32 Å². The summed E-state index contributed by atoms with van der Waals surface area (Å²) >= 11 is 0. The van der Waals surface area contributed by atoms with Crippen LogP contribution in [0.1, 0.15) is 18.3 Å².